The maximum Gasteiger partial charge on any atom is 0.310 e. The van der Waals surface area contributed by atoms with E-state index in [1.54, 1.807) is 13.0 Å². The summed E-state index contributed by atoms with van der Waals surface area (Å²) in [6.45, 7) is 1.61. The van der Waals surface area contributed by atoms with Crippen molar-refractivity contribution in [1.29, 1.82) is 0 Å². The van der Waals surface area contributed by atoms with E-state index < -0.39 is 10.9 Å². The van der Waals surface area contributed by atoms with Crippen molar-refractivity contribution in [3.63, 3.8) is 0 Å². The van der Waals surface area contributed by atoms with E-state index >= 15 is 0 Å². The smallest absolute Gasteiger partial charge is 0.310 e. The number of carbonyl (C=O) groups excluding carboxylic acids is 1. The number of nitrogens with zero attached hydrogens (tertiary/aromatic N) is 1. The zero-order valence-corrected chi connectivity index (χ0v) is 10.4. The average Bonchev–Trinajstić information content (AvgIpc) is 2.23. The van der Waals surface area contributed by atoms with Gasteiger partial charge in [0.25, 0.3) is 5.69 Å². The third-order valence-electron chi connectivity index (χ3n) is 2.26. The Morgan fingerprint density at radius 2 is 2.19 bits per heavy atom. The summed E-state index contributed by atoms with van der Waals surface area (Å²) in [5.41, 5.74) is 1.06. The van der Waals surface area contributed by atoms with Crippen LogP contribution in [0.3, 0.4) is 0 Å². The van der Waals surface area contributed by atoms with Crippen molar-refractivity contribution in [2.45, 2.75) is 13.3 Å². The van der Waals surface area contributed by atoms with E-state index in [1.807, 2.05) is 0 Å². The minimum absolute atomic E-state index is 0.00195. The quantitative estimate of drug-likeness (QED) is 0.486. The predicted octanol–water partition coefficient (Wildman–Crippen LogP) is 2.38. The number of rotatable bonds is 3. The van der Waals surface area contributed by atoms with Crippen LogP contribution >= 0.6 is 15.9 Å². The summed E-state index contributed by atoms with van der Waals surface area (Å²) >= 11 is 3.26. The van der Waals surface area contributed by atoms with Gasteiger partial charge in [-0.3, -0.25) is 14.9 Å². The number of carbonyl (C=O) groups is 1. The fraction of sp³-hybridized carbons (Fsp3) is 0.300. The summed E-state index contributed by atoms with van der Waals surface area (Å²) in [7, 11) is 1.28. The molecule has 86 valence electrons. The van der Waals surface area contributed by atoms with Crippen molar-refractivity contribution < 1.29 is 14.5 Å². The minimum atomic E-state index is -0.470. The van der Waals surface area contributed by atoms with E-state index in [0.29, 0.717) is 15.6 Å². The van der Waals surface area contributed by atoms with Crippen LogP contribution in [0.1, 0.15) is 11.1 Å². The predicted molar refractivity (Wildman–Crippen MR) is 61.3 cm³/mol. The second kappa shape index (κ2) is 5.07. The maximum atomic E-state index is 11.2. The van der Waals surface area contributed by atoms with Gasteiger partial charge in [-0.05, 0) is 18.6 Å². The second-order valence-electron chi connectivity index (χ2n) is 3.18. The fourth-order valence-electron chi connectivity index (χ4n) is 1.34. The lowest BCUT2D eigenvalue weighted by Crippen LogP contribution is -2.07. The first-order chi connectivity index (χ1) is 7.47. The van der Waals surface area contributed by atoms with Gasteiger partial charge in [0.15, 0.2) is 0 Å². The van der Waals surface area contributed by atoms with Gasteiger partial charge in [0, 0.05) is 16.1 Å². The molecular weight excluding hydrogens is 278 g/mol. The molecule has 0 fully saturated rings. The molecule has 0 aliphatic heterocycles. The highest BCUT2D eigenvalue weighted by Crippen LogP contribution is 2.28. The molecule has 0 saturated carbocycles. The van der Waals surface area contributed by atoms with Crippen LogP contribution in [-0.2, 0) is 16.0 Å². The van der Waals surface area contributed by atoms with Crippen molar-refractivity contribution in [3.05, 3.63) is 37.8 Å². The lowest BCUT2D eigenvalue weighted by Gasteiger charge is -2.07. The van der Waals surface area contributed by atoms with Gasteiger partial charge in [-0.1, -0.05) is 15.9 Å². The highest BCUT2D eigenvalue weighted by molar-refractivity contribution is 9.10. The Bertz CT molecular complexity index is 445. The molecule has 1 aromatic rings. The van der Waals surface area contributed by atoms with Crippen LogP contribution in [-0.4, -0.2) is 18.0 Å². The Kier molecular flexibility index (Phi) is 4.00. The van der Waals surface area contributed by atoms with Gasteiger partial charge < -0.3 is 4.74 Å². The highest BCUT2D eigenvalue weighted by Gasteiger charge is 2.18. The van der Waals surface area contributed by atoms with Crippen molar-refractivity contribution in [2.24, 2.45) is 0 Å². The zero-order valence-electron chi connectivity index (χ0n) is 8.82. The molecule has 5 nitrogen and oxygen atoms in total. The number of ether oxygens (including phenoxy) is 1. The first-order valence-electron chi connectivity index (χ1n) is 4.46. The van der Waals surface area contributed by atoms with Gasteiger partial charge >= 0.3 is 5.97 Å². The molecule has 0 aliphatic rings. The molecule has 1 aromatic carbocycles. The summed E-state index contributed by atoms with van der Waals surface area (Å²) in [6.07, 6.45) is 0.0184. The van der Waals surface area contributed by atoms with E-state index in [-0.39, 0.29) is 12.1 Å². The Morgan fingerprint density at radius 3 is 2.69 bits per heavy atom. The second-order valence-corrected chi connectivity index (χ2v) is 4.03. The number of hydrogen-bond acceptors (Lipinski definition) is 4. The van der Waals surface area contributed by atoms with Crippen LogP contribution in [0.25, 0.3) is 0 Å². The molecule has 1 rings (SSSR count). The number of nitro groups is 1. The Morgan fingerprint density at radius 1 is 1.56 bits per heavy atom. The number of halogens is 1. The first kappa shape index (κ1) is 12.6. The largest absolute Gasteiger partial charge is 0.469 e. The monoisotopic (exact) mass is 287 g/mol. The van der Waals surface area contributed by atoms with Crippen LogP contribution in [0.4, 0.5) is 5.69 Å². The van der Waals surface area contributed by atoms with Crippen LogP contribution in [0, 0.1) is 17.0 Å². The van der Waals surface area contributed by atoms with E-state index in [1.165, 1.54) is 13.2 Å². The molecule has 0 spiro atoms. The number of hydrogen-bond donors (Lipinski definition) is 0. The van der Waals surface area contributed by atoms with Gasteiger partial charge in [0.2, 0.25) is 0 Å². The summed E-state index contributed by atoms with van der Waals surface area (Å²) in [6, 6.07) is 2.96. The molecule has 0 bridgehead atoms. The van der Waals surface area contributed by atoms with E-state index in [4.69, 9.17) is 0 Å². The molecule has 0 saturated heterocycles. The number of benzene rings is 1. The first-order valence-corrected chi connectivity index (χ1v) is 5.26. The fourth-order valence-corrected chi connectivity index (χ4v) is 1.91. The normalized spacial score (nSPS) is 9.94. The van der Waals surface area contributed by atoms with E-state index in [2.05, 4.69) is 20.7 Å². The van der Waals surface area contributed by atoms with Gasteiger partial charge in [0.1, 0.15) is 0 Å². The van der Waals surface area contributed by atoms with Crippen LogP contribution in [0.15, 0.2) is 16.6 Å². The summed E-state index contributed by atoms with van der Waals surface area (Å²) < 4.78 is 5.20. The minimum Gasteiger partial charge on any atom is -0.469 e. The van der Waals surface area contributed by atoms with Gasteiger partial charge in [0.05, 0.1) is 18.5 Å². The molecule has 0 aromatic heterocycles. The summed E-state index contributed by atoms with van der Waals surface area (Å²) in [5, 5.41) is 10.7. The van der Waals surface area contributed by atoms with Crippen LogP contribution < -0.4 is 0 Å². The number of methoxy groups -OCH3 is 1. The number of nitro benzene ring substituents is 1. The van der Waals surface area contributed by atoms with Gasteiger partial charge in [-0.25, -0.2) is 0 Å². The van der Waals surface area contributed by atoms with Gasteiger partial charge in [-0.2, -0.15) is 0 Å². The zero-order chi connectivity index (χ0) is 12.3. The van der Waals surface area contributed by atoms with E-state index in [9.17, 15) is 14.9 Å². The molecule has 6 heteroatoms. The Hall–Kier alpha value is -1.43. The standard InChI is InChI=1S/C10H10BrNO4/c1-6-7(5-10(13)16-2)8(11)3-4-9(6)12(14)15/h3-4H,5H2,1-2H3. The average molecular weight is 288 g/mol. The van der Waals surface area contributed by atoms with Crippen molar-refractivity contribution >= 4 is 27.6 Å². The van der Waals surface area contributed by atoms with E-state index in [0.717, 1.165) is 0 Å². The van der Waals surface area contributed by atoms with Crippen molar-refractivity contribution in [2.75, 3.05) is 7.11 Å². The molecule has 0 aliphatic carbocycles. The van der Waals surface area contributed by atoms with Crippen LogP contribution in [0.5, 0.6) is 0 Å². The SMILES string of the molecule is COC(=O)Cc1c(Br)ccc([N+](=O)[O-])c1C. The lowest BCUT2D eigenvalue weighted by molar-refractivity contribution is -0.385. The molecule has 0 unspecified atom stereocenters. The summed E-state index contributed by atoms with van der Waals surface area (Å²) in [5.74, 6) is -0.427. The molecular formula is C10H10BrNO4. The molecule has 0 radical (unpaired) electrons. The Balaban J connectivity index is 3.21. The van der Waals surface area contributed by atoms with Gasteiger partial charge in [-0.15, -0.1) is 0 Å². The molecule has 0 amide bonds. The maximum absolute atomic E-state index is 11.2. The Labute approximate surface area is 101 Å². The van der Waals surface area contributed by atoms with Crippen molar-refractivity contribution in [1.82, 2.24) is 0 Å². The molecule has 16 heavy (non-hydrogen) atoms. The topological polar surface area (TPSA) is 69.4 Å². The summed E-state index contributed by atoms with van der Waals surface area (Å²) in [4.78, 5) is 21.4. The highest BCUT2D eigenvalue weighted by atomic mass is 79.9. The third-order valence-corrected chi connectivity index (χ3v) is 3.00. The molecule has 0 atom stereocenters. The van der Waals surface area contributed by atoms with Crippen LogP contribution in [0.2, 0.25) is 0 Å². The molecule has 0 heterocycles. The van der Waals surface area contributed by atoms with Crippen molar-refractivity contribution in [3.8, 4) is 0 Å². The number of esters is 1. The third kappa shape index (κ3) is 2.57. The lowest BCUT2D eigenvalue weighted by atomic mass is 10.0. The molecule has 0 N–H and O–H groups in total.